The standard InChI is InChI=1S/C15H23N5O2/c1-5-12-16-17-13-6-7-14(18-20(12)13)19-8-11(9-21-4)22-15(2,3)10-19/h6-7,11H,5,8-10H2,1-4H3. The van der Waals surface area contributed by atoms with Crippen LogP contribution in [0.2, 0.25) is 0 Å². The van der Waals surface area contributed by atoms with Gasteiger partial charge >= 0.3 is 0 Å². The number of anilines is 1. The van der Waals surface area contributed by atoms with Crippen LogP contribution in [0.15, 0.2) is 12.1 Å². The molecule has 7 nitrogen and oxygen atoms in total. The first-order valence-corrected chi connectivity index (χ1v) is 7.65. The minimum atomic E-state index is -0.237. The Balaban J connectivity index is 1.91. The predicted octanol–water partition coefficient (Wildman–Crippen LogP) is 1.32. The monoisotopic (exact) mass is 305 g/mol. The Bertz CT molecular complexity index is 654. The van der Waals surface area contributed by atoms with E-state index in [1.165, 1.54) is 0 Å². The van der Waals surface area contributed by atoms with Gasteiger partial charge in [-0.15, -0.1) is 15.3 Å². The van der Waals surface area contributed by atoms with E-state index in [4.69, 9.17) is 14.6 Å². The van der Waals surface area contributed by atoms with Gasteiger partial charge in [0.2, 0.25) is 0 Å². The first kappa shape index (κ1) is 15.2. The molecule has 1 saturated heterocycles. The van der Waals surface area contributed by atoms with Crippen molar-refractivity contribution in [3.63, 3.8) is 0 Å². The van der Waals surface area contributed by atoms with E-state index in [9.17, 15) is 0 Å². The summed E-state index contributed by atoms with van der Waals surface area (Å²) in [5.74, 6) is 1.79. The zero-order valence-corrected chi connectivity index (χ0v) is 13.6. The number of methoxy groups -OCH3 is 1. The van der Waals surface area contributed by atoms with Crippen LogP contribution in [0.4, 0.5) is 5.82 Å². The predicted molar refractivity (Wildman–Crippen MR) is 83.2 cm³/mol. The summed E-state index contributed by atoms with van der Waals surface area (Å²) in [7, 11) is 1.70. The summed E-state index contributed by atoms with van der Waals surface area (Å²) in [5, 5.41) is 13.0. The van der Waals surface area contributed by atoms with Gasteiger partial charge in [0.05, 0.1) is 18.3 Å². The van der Waals surface area contributed by atoms with Crippen molar-refractivity contribution in [3.05, 3.63) is 18.0 Å². The molecular weight excluding hydrogens is 282 g/mol. The largest absolute Gasteiger partial charge is 0.382 e. The summed E-state index contributed by atoms with van der Waals surface area (Å²) in [5.41, 5.74) is 0.542. The molecule has 3 rings (SSSR count). The van der Waals surface area contributed by atoms with Gasteiger partial charge in [-0.1, -0.05) is 6.92 Å². The van der Waals surface area contributed by atoms with Crippen molar-refractivity contribution >= 4 is 11.5 Å². The molecular formula is C15H23N5O2. The van der Waals surface area contributed by atoms with Crippen LogP contribution in [-0.2, 0) is 15.9 Å². The molecule has 0 N–H and O–H groups in total. The summed E-state index contributed by atoms with van der Waals surface area (Å²) in [4.78, 5) is 2.24. The van der Waals surface area contributed by atoms with Crippen molar-refractivity contribution in [2.45, 2.75) is 38.9 Å². The number of rotatable bonds is 4. The highest BCUT2D eigenvalue weighted by Crippen LogP contribution is 2.25. The molecule has 1 aliphatic rings. The number of nitrogens with zero attached hydrogens (tertiary/aromatic N) is 5. The van der Waals surface area contributed by atoms with Crippen LogP contribution in [0.1, 0.15) is 26.6 Å². The molecule has 1 atom stereocenters. The van der Waals surface area contributed by atoms with E-state index in [0.717, 1.165) is 36.8 Å². The molecule has 0 bridgehead atoms. The summed E-state index contributed by atoms with van der Waals surface area (Å²) in [6.07, 6.45) is 0.844. The summed E-state index contributed by atoms with van der Waals surface area (Å²) >= 11 is 0. The molecule has 0 aliphatic carbocycles. The van der Waals surface area contributed by atoms with Gasteiger partial charge in [-0.3, -0.25) is 0 Å². The summed E-state index contributed by atoms with van der Waals surface area (Å²) < 4.78 is 13.1. The quantitative estimate of drug-likeness (QED) is 0.849. The molecule has 7 heteroatoms. The first-order chi connectivity index (χ1) is 10.5. The van der Waals surface area contributed by atoms with Crippen LogP contribution in [0, 0.1) is 0 Å². The van der Waals surface area contributed by atoms with E-state index in [1.807, 2.05) is 16.6 Å². The minimum absolute atomic E-state index is 0.0396. The molecule has 1 fully saturated rings. The fraction of sp³-hybridized carbons (Fsp3) is 0.667. The van der Waals surface area contributed by atoms with Crippen LogP contribution >= 0.6 is 0 Å². The molecule has 2 aromatic heterocycles. The lowest BCUT2D eigenvalue weighted by Gasteiger charge is -2.43. The van der Waals surface area contributed by atoms with Gasteiger partial charge in [0.15, 0.2) is 11.5 Å². The van der Waals surface area contributed by atoms with Crippen LogP contribution < -0.4 is 4.90 Å². The fourth-order valence-electron chi connectivity index (χ4n) is 2.96. The highest BCUT2D eigenvalue weighted by atomic mass is 16.5. The van der Waals surface area contributed by atoms with E-state index in [0.29, 0.717) is 6.61 Å². The maximum Gasteiger partial charge on any atom is 0.178 e. The molecule has 0 aromatic carbocycles. The number of fused-ring (bicyclic) bond motifs is 1. The lowest BCUT2D eigenvalue weighted by Crippen LogP contribution is -2.54. The minimum Gasteiger partial charge on any atom is -0.382 e. The molecule has 0 saturated carbocycles. The third-order valence-corrected chi connectivity index (χ3v) is 3.79. The second-order valence-corrected chi connectivity index (χ2v) is 6.27. The van der Waals surface area contributed by atoms with Gasteiger partial charge in [0.1, 0.15) is 5.82 Å². The molecule has 2 aromatic rings. The first-order valence-electron chi connectivity index (χ1n) is 7.65. The molecule has 3 heterocycles. The fourth-order valence-corrected chi connectivity index (χ4v) is 2.96. The van der Waals surface area contributed by atoms with Gasteiger partial charge in [-0.25, -0.2) is 0 Å². The van der Waals surface area contributed by atoms with Crippen molar-refractivity contribution < 1.29 is 9.47 Å². The Labute approximate surface area is 130 Å². The Hall–Kier alpha value is -1.73. The molecule has 22 heavy (non-hydrogen) atoms. The van der Waals surface area contributed by atoms with E-state index in [2.05, 4.69) is 35.9 Å². The maximum absolute atomic E-state index is 6.06. The van der Waals surface area contributed by atoms with Crippen molar-refractivity contribution in [3.8, 4) is 0 Å². The lowest BCUT2D eigenvalue weighted by molar-refractivity contribution is -0.106. The van der Waals surface area contributed by atoms with Gasteiger partial charge in [0, 0.05) is 26.6 Å². The molecule has 0 spiro atoms. The number of ether oxygens (including phenoxy) is 2. The second-order valence-electron chi connectivity index (χ2n) is 6.27. The highest BCUT2D eigenvalue weighted by molar-refractivity contribution is 5.46. The van der Waals surface area contributed by atoms with Crippen LogP contribution in [-0.4, -0.2) is 58.3 Å². The van der Waals surface area contributed by atoms with Crippen molar-refractivity contribution in [1.82, 2.24) is 19.8 Å². The normalized spacial score (nSPS) is 21.5. The molecule has 0 amide bonds. The van der Waals surface area contributed by atoms with Gasteiger partial charge < -0.3 is 14.4 Å². The third kappa shape index (κ3) is 2.91. The number of hydrogen-bond acceptors (Lipinski definition) is 6. The van der Waals surface area contributed by atoms with Crippen LogP contribution in [0.25, 0.3) is 5.65 Å². The summed E-state index contributed by atoms with van der Waals surface area (Å²) in [6, 6.07) is 3.96. The third-order valence-electron chi connectivity index (χ3n) is 3.79. The second kappa shape index (κ2) is 5.81. The number of morpholine rings is 1. The Morgan fingerprint density at radius 3 is 2.91 bits per heavy atom. The zero-order valence-electron chi connectivity index (χ0n) is 13.6. The SMILES string of the molecule is CCc1nnc2ccc(N3CC(COC)OC(C)(C)C3)nn12. The Morgan fingerprint density at radius 2 is 2.18 bits per heavy atom. The number of aromatic nitrogens is 4. The smallest absolute Gasteiger partial charge is 0.178 e. The van der Waals surface area contributed by atoms with Gasteiger partial charge in [0.25, 0.3) is 0 Å². The van der Waals surface area contributed by atoms with Gasteiger partial charge in [-0.2, -0.15) is 4.52 Å². The number of hydrogen-bond donors (Lipinski definition) is 0. The van der Waals surface area contributed by atoms with Crippen molar-refractivity contribution in [2.24, 2.45) is 0 Å². The van der Waals surface area contributed by atoms with E-state index >= 15 is 0 Å². The highest BCUT2D eigenvalue weighted by Gasteiger charge is 2.34. The molecule has 120 valence electrons. The average molecular weight is 305 g/mol. The molecule has 0 radical (unpaired) electrons. The van der Waals surface area contributed by atoms with Crippen molar-refractivity contribution in [2.75, 3.05) is 31.7 Å². The summed E-state index contributed by atoms with van der Waals surface area (Å²) in [6.45, 7) is 8.37. The molecule has 1 aliphatic heterocycles. The van der Waals surface area contributed by atoms with Crippen molar-refractivity contribution in [1.29, 1.82) is 0 Å². The van der Waals surface area contributed by atoms with Crippen LogP contribution in [0.3, 0.4) is 0 Å². The number of aryl methyl sites for hydroxylation is 1. The van der Waals surface area contributed by atoms with Gasteiger partial charge in [-0.05, 0) is 26.0 Å². The Morgan fingerprint density at radius 1 is 1.36 bits per heavy atom. The average Bonchev–Trinajstić information content (AvgIpc) is 2.88. The van der Waals surface area contributed by atoms with E-state index < -0.39 is 0 Å². The van der Waals surface area contributed by atoms with E-state index in [1.54, 1.807) is 7.11 Å². The maximum atomic E-state index is 6.06. The van der Waals surface area contributed by atoms with Crippen LogP contribution in [0.5, 0.6) is 0 Å². The topological polar surface area (TPSA) is 64.8 Å². The van der Waals surface area contributed by atoms with E-state index in [-0.39, 0.29) is 11.7 Å². The zero-order chi connectivity index (χ0) is 15.7. The molecule has 1 unspecified atom stereocenters. The lowest BCUT2D eigenvalue weighted by atomic mass is 10.1. The Kier molecular flexibility index (Phi) is 4.01.